The first-order valence-corrected chi connectivity index (χ1v) is 5.33. The Balaban J connectivity index is 2.35. The molecule has 1 saturated heterocycles. The highest BCUT2D eigenvalue weighted by Gasteiger charge is 2.24. The fourth-order valence-corrected chi connectivity index (χ4v) is 1.97. The summed E-state index contributed by atoms with van der Waals surface area (Å²) in [5, 5.41) is 0. The van der Waals surface area contributed by atoms with Gasteiger partial charge in [0.1, 0.15) is 0 Å². The largest absolute Gasteiger partial charge is 0.303 e. The average Bonchev–Trinajstić information content (AvgIpc) is 2.19. The Hall–Kier alpha value is -0.610. The van der Waals surface area contributed by atoms with Crippen LogP contribution in [0.5, 0.6) is 0 Å². The molecule has 0 spiro atoms. The fraction of sp³-hybridized carbons (Fsp3) is 0.900. The number of nitrogens with one attached hydrogen (secondary N) is 1. The third-order valence-corrected chi connectivity index (χ3v) is 2.62. The topological polar surface area (TPSA) is 41.6 Å². The van der Waals surface area contributed by atoms with E-state index in [1.165, 1.54) is 7.11 Å². The number of amides is 1. The Morgan fingerprint density at radius 1 is 1.64 bits per heavy atom. The monoisotopic (exact) mass is 200 g/mol. The second-order valence-electron chi connectivity index (χ2n) is 3.81. The summed E-state index contributed by atoms with van der Waals surface area (Å²) in [6.45, 7) is 5.27. The summed E-state index contributed by atoms with van der Waals surface area (Å²) < 4.78 is 0. The van der Waals surface area contributed by atoms with Gasteiger partial charge in [0, 0.05) is 6.54 Å². The minimum Gasteiger partial charge on any atom is -0.303 e. The molecular weight excluding hydrogens is 180 g/mol. The van der Waals surface area contributed by atoms with E-state index in [0.29, 0.717) is 0 Å². The maximum atomic E-state index is 11.5. The molecule has 4 nitrogen and oxygen atoms in total. The maximum absolute atomic E-state index is 11.5. The van der Waals surface area contributed by atoms with Crippen molar-refractivity contribution in [2.24, 2.45) is 5.92 Å². The molecule has 1 unspecified atom stereocenters. The highest BCUT2D eigenvalue weighted by atomic mass is 16.6. The lowest BCUT2D eigenvalue weighted by molar-refractivity contribution is -0.137. The van der Waals surface area contributed by atoms with E-state index >= 15 is 0 Å². The van der Waals surface area contributed by atoms with Gasteiger partial charge in [-0.1, -0.05) is 6.92 Å². The van der Waals surface area contributed by atoms with Crippen molar-refractivity contribution in [3.05, 3.63) is 0 Å². The van der Waals surface area contributed by atoms with E-state index in [9.17, 15) is 4.79 Å². The van der Waals surface area contributed by atoms with Gasteiger partial charge in [0.05, 0.1) is 13.0 Å². The molecule has 0 bridgehead atoms. The highest BCUT2D eigenvalue weighted by Crippen LogP contribution is 2.16. The lowest BCUT2D eigenvalue weighted by Gasteiger charge is -2.31. The molecule has 0 aromatic carbocycles. The van der Waals surface area contributed by atoms with Crippen molar-refractivity contribution in [2.45, 2.75) is 26.2 Å². The second kappa shape index (κ2) is 5.98. The summed E-state index contributed by atoms with van der Waals surface area (Å²) >= 11 is 0. The molecular formula is C10H20N2O2. The van der Waals surface area contributed by atoms with Crippen LogP contribution in [0, 0.1) is 5.92 Å². The van der Waals surface area contributed by atoms with Gasteiger partial charge in [0.25, 0.3) is 0 Å². The summed E-state index contributed by atoms with van der Waals surface area (Å²) in [4.78, 5) is 18.5. The molecule has 0 saturated carbocycles. The number of hydrogen-bond donors (Lipinski definition) is 1. The summed E-state index contributed by atoms with van der Waals surface area (Å²) in [6.07, 6.45) is 3.25. The summed E-state index contributed by atoms with van der Waals surface area (Å²) in [7, 11) is 1.48. The van der Waals surface area contributed by atoms with E-state index in [1.807, 2.05) is 0 Å². The Labute approximate surface area is 85.6 Å². The van der Waals surface area contributed by atoms with Crippen molar-refractivity contribution in [3.8, 4) is 0 Å². The molecule has 1 N–H and O–H groups in total. The van der Waals surface area contributed by atoms with Crippen LogP contribution < -0.4 is 5.48 Å². The number of nitrogens with zero attached hydrogens (tertiary/aromatic N) is 1. The van der Waals surface area contributed by atoms with Crippen LogP contribution in [0.15, 0.2) is 0 Å². The van der Waals surface area contributed by atoms with Crippen LogP contribution in [0.1, 0.15) is 26.2 Å². The van der Waals surface area contributed by atoms with Crippen LogP contribution in [-0.2, 0) is 9.63 Å². The van der Waals surface area contributed by atoms with E-state index in [4.69, 9.17) is 0 Å². The molecule has 4 heteroatoms. The van der Waals surface area contributed by atoms with Gasteiger partial charge in [-0.15, -0.1) is 0 Å². The molecule has 0 aromatic heterocycles. The van der Waals surface area contributed by atoms with Gasteiger partial charge >= 0.3 is 0 Å². The van der Waals surface area contributed by atoms with Crippen molar-refractivity contribution in [2.75, 3.05) is 26.7 Å². The van der Waals surface area contributed by atoms with Gasteiger partial charge in [-0.05, 0) is 32.4 Å². The Morgan fingerprint density at radius 3 is 3.07 bits per heavy atom. The van der Waals surface area contributed by atoms with Crippen molar-refractivity contribution in [1.82, 2.24) is 10.4 Å². The van der Waals surface area contributed by atoms with Crippen LogP contribution in [0.4, 0.5) is 0 Å². The van der Waals surface area contributed by atoms with Crippen LogP contribution in [0.25, 0.3) is 0 Å². The van der Waals surface area contributed by atoms with Crippen molar-refractivity contribution >= 4 is 5.91 Å². The number of hydrogen-bond acceptors (Lipinski definition) is 3. The van der Waals surface area contributed by atoms with Crippen LogP contribution >= 0.6 is 0 Å². The minimum absolute atomic E-state index is 0.0216. The molecule has 1 fully saturated rings. The molecule has 0 aromatic rings. The molecule has 1 amide bonds. The number of likely N-dealkylation sites (tertiary alicyclic amines) is 1. The molecule has 1 heterocycles. The first-order valence-electron chi connectivity index (χ1n) is 5.33. The SMILES string of the molecule is CCCN1CCCC(C(=O)NOC)C1. The van der Waals surface area contributed by atoms with E-state index < -0.39 is 0 Å². The van der Waals surface area contributed by atoms with E-state index in [-0.39, 0.29) is 11.8 Å². The molecule has 14 heavy (non-hydrogen) atoms. The number of carbonyl (C=O) groups excluding carboxylic acids is 1. The van der Waals surface area contributed by atoms with Gasteiger partial charge in [0.2, 0.25) is 5.91 Å². The minimum atomic E-state index is 0.0216. The zero-order valence-electron chi connectivity index (χ0n) is 9.08. The first-order chi connectivity index (χ1) is 6.77. The van der Waals surface area contributed by atoms with Gasteiger partial charge in [-0.25, -0.2) is 5.48 Å². The van der Waals surface area contributed by atoms with Crippen LogP contribution in [0.3, 0.4) is 0 Å². The maximum Gasteiger partial charge on any atom is 0.247 e. The molecule has 0 radical (unpaired) electrons. The zero-order chi connectivity index (χ0) is 10.4. The number of rotatable bonds is 4. The average molecular weight is 200 g/mol. The predicted molar refractivity (Wildman–Crippen MR) is 54.6 cm³/mol. The van der Waals surface area contributed by atoms with Gasteiger partial charge in [0.15, 0.2) is 0 Å². The molecule has 82 valence electrons. The summed E-state index contributed by atoms with van der Waals surface area (Å²) in [5.41, 5.74) is 2.41. The van der Waals surface area contributed by atoms with E-state index in [1.54, 1.807) is 0 Å². The third-order valence-electron chi connectivity index (χ3n) is 2.62. The molecule has 1 aliphatic heterocycles. The smallest absolute Gasteiger partial charge is 0.247 e. The first kappa shape index (κ1) is 11.5. The Kier molecular flexibility index (Phi) is 4.90. The molecule has 1 aliphatic rings. The van der Waals surface area contributed by atoms with Gasteiger partial charge in [-0.3, -0.25) is 9.63 Å². The normalized spacial score (nSPS) is 23.4. The third kappa shape index (κ3) is 3.27. The van der Waals surface area contributed by atoms with E-state index in [2.05, 4.69) is 22.1 Å². The molecule has 1 atom stereocenters. The van der Waals surface area contributed by atoms with Crippen molar-refractivity contribution in [1.29, 1.82) is 0 Å². The number of piperidine rings is 1. The van der Waals surface area contributed by atoms with Crippen LogP contribution in [-0.4, -0.2) is 37.6 Å². The molecule has 1 rings (SSSR count). The zero-order valence-corrected chi connectivity index (χ0v) is 9.08. The van der Waals surface area contributed by atoms with E-state index in [0.717, 1.165) is 38.9 Å². The highest BCUT2D eigenvalue weighted by molar-refractivity contribution is 5.77. The predicted octanol–water partition coefficient (Wildman–Crippen LogP) is 0.786. The number of hydroxylamine groups is 1. The lowest BCUT2D eigenvalue weighted by Crippen LogP contribution is -2.42. The standard InChI is InChI=1S/C10H20N2O2/c1-3-6-12-7-4-5-9(8-12)10(13)11-14-2/h9H,3-8H2,1-2H3,(H,11,13). The quantitative estimate of drug-likeness (QED) is 0.682. The number of carbonyl (C=O) groups is 1. The Bertz CT molecular complexity index is 183. The second-order valence-corrected chi connectivity index (χ2v) is 3.81. The summed E-state index contributed by atoms with van der Waals surface area (Å²) in [6, 6.07) is 0. The Morgan fingerprint density at radius 2 is 2.43 bits per heavy atom. The lowest BCUT2D eigenvalue weighted by atomic mass is 9.97. The van der Waals surface area contributed by atoms with Gasteiger partial charge < -0.3 is 4.90 Å². The fourth-order valence-electron chi connectivity index (χ4n) is 1.97. The van der Waals surface area contributed by atoms with Crippen molar-refractivity contribution in [3.63, 3.8) is 0 Å². The van der Waals surface area contributed by atoms with Gasteiger partial charge in [-0.2, -0.15) is 0 Å². The summed E-state index contributed by atoms with van der Waals surface area (Å²) in [5.74, 6) is 0.128. The van der Waals surface area contributed by atoms with Crippen molar-refractivity contribution < 1.29 is 9.63 Å². The van der Waals surface area contributed by atoms with Crippen LogP contribution in [0.2, 0.25) is 0 Å². The molecule has 0 aliphatic carbocycles.